The van der Waals surface area contributed by atoms with Crippen LogP contribution in [0.3, 0.4) is 0 Å². The lowest BCUT2D eigenvalue weighted by Crippen LogP contribution is -2.28. The average molecular weight is 183 g/mol. The van der Waals surface area contributed by atoms with Gasteiger partial charge in [0.15, 0.2) is 0 Å². The van der Waals surface area contributed by atoms with Gasteiger partial charge in [-0.15, -0.1) is 0 Å². The van der Waals surface area contributed by atoms with Crippen LogP contribution in [0.4, 0.5) is 0 Å². The van der Waals surface area contributed by atoms with Crippen LogP contribution in [0.2, 0.25) is 0 Å². The van der Waals surface area contributed by atoms with Crippen molar-refractivity contribution in [2.45, 2.75) is 32.4 Å². The van der Waals surface area contributed by atoms with Crippen LogP contribution in [0, 0.1) is 0 Å². The Balaban J connectivity index is 2.30. The lowest BCUT2D eigenvalue weighted by molar-refractivity contribution is 0.163. The summed E-state index contributed by atoms with van der Waals surface area (Å²) < 4.78 is 4.97. The van der Waals surface area contributed by atoms with Crippen LogP contribution in [0.5, 0.6) is 0 Å². The Kier molecular flexibility index (Phi) is 3.99. The van der Waals surface area contributed by atoms with Crippen LogP contribution < -0.4 is 5.32 Å². The maximum Gasteiger partial charge on any atom is 0.0950 e. The maximum absolute atomic E-state index is 9.32. The highest BCUT2D eigenvalue weighted by molar-refractivity contribution is 5.10. The van der Waals surface area contributed by atoms with Gasteiger partial charge in [0.2, 0.25) is 0 Å². The van der Waals surface area contributed by atoms with Gasteiger partial charge in [0.25, 0.3) is 0 Å². The largest absolute Gasteiger partial charge is 0.472 e. The van der Waals surface area contributed by atoms with Crippen molar-refractivity contribution in [3.05, 3.63) is 24.2 Å². The summed E-state index contributed by atoms with van der Waals surface area (Å²) in [5.41, 5.74) is 1.11. The molecule has 1 aromatic heterocycles. The number of aliphatic hydroxyl groups is 1. The quantitative estimate of drug-likeness (QED) is 0.730. The summed E-state index contributed by atoms with van der Waals surface area (Å²) in [6.07, 6.45) is 3.90. The summed E-state index contributed by atoms with van der Waals surface area (Å²) in [5, 5.41) is 12.5. The van der Waals surface area contributed by atoms with Crippen LogP contribution in [-0.2, 0) is 0 Å². The number of rotatable bonds is 5. The number of aliphatic hydroxyl groups excluding tert-OH is 1. The molecule has 0 aliphatic heterocycles. The molecule has 0 saturated carbocycles. The predicted octanol–water partition coefficient (Wildman–Crippen LogP) is 1.70. The Labute approximate surface area is 78.8 Å². The number of hydrogen-bond donors (Lipinski definition) is 2. The molecule has 2 unspecified atom stereocenters. The molecule has 2 atom stereocenters. The molecule has 3 heteroatoms. The Hall–Kier alpha value is -0.800. The first-order valence-corrected chi connectivity index (χ1v) is 4.67. The molecule has 1 heterocycles. The highest BCUT2D eigenvalue weighted by Crippen LogP contribution is 2.11. The summed E-state index contributed by atoms with van der Waals surface area (Å²) >= 11 is 0. The van der Waals surface area contributed by atoms with Crippen molar-refractivity contribution in [1.29, 1.82) is 0 Å². The van der Waals surface area contributed by atoms with Crippen LogP contribution in [0.25, 0.3) is 0 Å². The number of hydrogen-bond acceptors (Lipinski definition) is 3. The van der Waals surface area contributed by atoms with E-state index in [0.717, 1.165) is 12.0 Å². The van der Waals surface area contributed by atoms with E-state index in [1.807, 2.05) is 19.9 Å². The molecule has 0 aliphatic carbocycles. The predicted molar refractivity (Wildman–Crippen MR) is 51.4 cm³/mol. The summed E-state index contributed by atoms with van der Waals surface area (Å²) in [7, 11) is 0. The van der Waals surface area contributed by atoms with Crippen LogP contribution in [-0.4, -0.2) is 17.8 Å². The molecule has 0 radical (unpaired) electrons. The second-order valence-electron chi connectivity index (χ2n) is 3.25. The van der Waals surface area contributed by atoms with Crippen molar-refractivity contribution < 1.29 is 9.52 Å². The third-order valence-electron chi connectivity index (χ3n) is 2.17. The smallest absolute Gasteiger partial charge is 0.0950 e. The summed E-state index contributed by atoms with van der Waals surface area (Å²) in [5.74, 6) is 0. The fraction of sp³-hybridized carbons (Fsp3) is 0.600. The van der Waals surface area contributed by atoms with Crippen molar-refractivity contribution in [2.75, 3.05) is 6.54 Å². The minimum atomic E-state index is -0.255. The molecule has 0 fully saturated rings. The SMILES string of the molecule is CCC(O)CNC(C)c1ccoc1. The molecule has 2 N–H and O–H groups in total. The standard InChI is InChI=1S/C10H17NO2/c1-3-10(12)6-11-8(2)9-4-5-13-7-9/h4-5,7-8,10-12H,3,6H2,1-2H3. The molecule has 13 heavy (non-hydrogen) atoms. The Bertz CT molecular complexity index is 221. The van der Waals surface area contributed by atoms with E-state index < -0.39 is 0 Å². The highest BCUT2D eigenvalue weighted by Gasteiger charge is 2.07. The van der Waals surface area contributed by atoms with Gasteiger partial charge in [-0.3, -0.25) is 0 Å². The topological polar surface area (TPSA) is 45.4 Å². The van der Waals surface area contributed by atoms with E-state index in [-0.39, 0.29) is 12.1 Å². The van der Waals surface area contributed by atoms with Crippen molar-refractivity contribution in [2.24, 2.45) is 0 Å². The number of nitrogens with one attached hydrogen (secondary N) is 1. The first-order chi connectivity index (χ1) is 6.24. The van der Waals surface area contributed by atoms with Crippen LogP contribution in [0.1, 0.15) is 31.9 Å². The van der Waals surface area contributed by atoms with Gasteiger partial charge < -0.3 is 14.8 Å². The maximum atomic E-state index is 9.32. The van der Waals surface area contributed by atoms with E-state index in [1.165, 1.54) is 0 Å². The molecule has 74 valence electrons. The van der Waals surface area contributed by atoms with Gasteiger partial charge in [0.05, 0.1) is 18.6 Å². The van der Waals surface area contributed by atoms with Crippen molar-refractivity contribution in [1.82, 2.24) is 5.32 Å². The van der Waals surface area contributed by atoms with Crippen LogP contribution >= 0.6 is 0 Å². The van der Waals surface area contributed by atoms with Crippen molar-refractivity contribution >= 4 is 0 Å². The van der Waals surface area contributed by atoms with Gasteiger partial charge in [-0.05, 0) is 19.4 Å². The molecule has 0 amide bonds. The van der Waals surface area contributed by atoms with E-state index in [1.54, 1.807) is 12.5 Å². The Morgan fingerprint density at radius 1 is 1.62 bits per heavy atom. The lowest BCUT2D eigenvalue weighted by Gasteiger charge is -2.14. The van der Waals surface area contributed by atoms with E-state index >= 15 is 0 Å². The molecule has 0 aliphatic rings. The molecule has 3 nitrogen and oxygen atoms in total. The summed E-state index contributed by atoms with van der Waals surface area (Å²) in [4.78, 5) is 0. The van der Waals surface area contributed by atoms with Crippen molar-refractivity contribution in [3.63, 3.8) is 0 Å². The average Bonchev–Trinajstić information content (AvgIpc) is 2.66. The molecular weight excluding hydrogens is 166 g/mol. The Morgan fingerprint density at radius 3 is 2.92 bits per heavy atom. The van der Waals surface area contributed by atoms with Gasteiger partial charge in [-0.2, -0.15) is 0 Å². The molecule has 0 spiro atoms. The second-order valence-corrected chi connectivity index (χ2v) is 3.25. The zero-order valence-electron chi connectivity index (χ0n) is 8.16. The van der Waals surface area contributed by atoms with Crippen LogP contribution in [0.15, 0.2) is 23.0 Å². The first-order valence-electron chi connectivity index (χ1n) is 4.67. The minimum Gasteiger partial charge on any atom is -0.472 e. The lowest BCUT2D eigenvalue weighted by atomic mass is 10.1. The first kappa shape index (κ1) is 10.3. The summed E-state index contributed by atoms with van der Waals surface area (Å²) in [6.45, 7) is 4.64. The van der Waals surface area contributed by atoms with Gasteiger partial charge in [-0.25, -0.2) is 0 Å². The highest BCUT2D eigenvalue weighted by atomic mass is 16.3. The van der Waals surface area contributed by atoms with E-state index in [2.05, 4.69) is 5.32 Å². The molecule has 0 bridgehead atoms. The molecule has 1 rings (SSSR count). The van der Waals surface area contributed by atoms with Crippen molar-refractivity contribution in [3.8, 4) is 0 Å². The molecule has 0 saturated heterocycles. The fourth-order valence-corrected chi connectivity index (χ4v) is 1.10. The van der Waals surface area contributed by atoms with E-state index in [0.29, 0.717) is 6.54 Å². The minimum absolute atomic E-state index is 0.236. The van der Waals surface area contributed by atoms with Gasteiger partial charge >= 0.3 is 0 Å². The fourth-order valence-electron chi connectivity index (χ4n) is 1.10. The van der Waals surface area contributed by atoms with Gasteiger partial charge in [0, 0.05) is 18.2 Å². The third kappa shape index (κ3) is 3.20. The van der Waals surface area contributed by atoms with Gasteiger partial charge in [0.1, 0.15) is 0 Å². The normalized spacial score (nSPS) is 15.6. The summed E-state index contributed by atoms with van der Waals surface area (Å²) in [6, 6.07) is 2.16. The zero-order valence-corrected chi connectivity index (χ0v) is 8.16. The van der Waals surface area contributed by atoms with Gasteiger partial charge in [-0.1, -0.05) is 6.92 Å². The number of furan rings is 1. The van der Waals surface area contributed by atoms with E-state index in [4.69, 9.17) is 4.42 Å². The third-order valence-corrected chi connectivity index (χ3v) is 2.17. The monoisotopic (exact) mass is 183 g/mol. The van der Waals surface area contributed by atoms with E-state index in [9.17, 15) is 5.11 Å². The molecule has 1 aromatic rings. The Morgan fingerprint density at radius 2 is 2.38 bits per heavy atom. The second kappa shape index (κ2) is 5.04. The molecular formula is C10H17NO2. The molecule has 0 aromatic carbocycles. The zero-order chi connectivity index (χ0) is 9.68.